The van der Waals surface area contributed by atoms with E-state index < -0.39 is 24.0 Å². The van der Waals surface area contributed by atoms with Crippen molar-refractivity contribution in [3.8, 4) is 0 Å². The van der Waals surface area contributed by atoms with Crippen LogP contribution in [0, 0.1) is 0 Å². The van der Waals surface area contributed by atoms with Gasteiger partial charge in [-0.25, -0.2) is 4.79 Å². The maximum Gasteiger partial charge on any atom is 0.336 e. The van der Waals surface area contributed by atoms with E-state index in [0.717, 1.165) is 26.4 Å². The summed E-state index contributed by atoms with van der Waals surface area (Å²) in [5, 5.41) is 18.7. The second-order valence-corrected chi connectivity index (χ2v) is 4.04. The van der Waals surface area contributed by atoms with Gasteiger partial charge >= 0.3 is 11.9 Å². The largest absolute Gasteiger partial charge is 0.479 e. The van der Waals surface area contributed by atoms with E-state index >= 15 is 0 Å². The van der Waals surface area contributed by atoms with Crippen LogP contribution in [0.2, 0.25) is 0 Å². The number of carbonyl (C=O) groups is 2. The Morgan fingerprint density at radius 2 is 1.82 bits per heavy atom. The molecule has 0 aromatic carbocycles. The maximum atomic E-state index is 11.0. The fourth-order valence-corrected chi connectivity index (χ4v) is 1.50. The monoisotopic (exact) mass is 247 g/mol. The molecule has 0 aromatic heterocycles. The molecule has 0 amide bonds. The van der Waals surface area contributed by atoms with Crippen molar-refractivity contribution < 1.29 is 24.5 Å². The van der Waals surface area contributed by atoms with Crippen molar-refractivity contribution in [3.63, 3.8) is 0 Å². The zero-order chi connectivity index (χ0) is 13.3. The number of aliphatic hydroxyl groups is 1. The van der Waals surface area contributed by atoms with Crippen molar-refractivity contribution in [1.29, 1.82) is 0 Å². The van der Waals surface area contributed by atoms with Gasteiger partial charge in [-0.05, 0) is 25.8 Å². The molecule has 0 saturated heterocycles. The van der Waals surface area contributed by atoms with Gasteiger partial charge in [0.2, 0.25) is 0 Å². The molecule has 0 fully saturated rings. The van der Waals surface area contributed by atoms with E-state index in [1.165, 1.54) is 0 Å². The van der Waals surface area contributed by atoms with Crippen molar-refractivity contribution in [1.82, 2.24) is 0 Å². The third-order valence-electron chi connectivity index (χ3n) is 2.61. The lowest BCUT2D eigenvalue weighted by Gasteiger charge is -2.21. The first-order chi connectivity index (χ1) is 7.96. The highest BCUT2D eigenvalue weighted by molar-refractivity contribution is 5.84. The van der Waals surface area contributed by atoms with Gasteiger partial charge in [0.15, 0.2) is 5.60 Å². The summed E-state index contributed by atoms with van der Waals surface area (Å²) in [5.74, 6) is -2.11. The molecule has 1 atom stereocenters. The molecule has 0 saturated carbocycles. The molecular weight excluding hydrogens is 226 g/mol. The Bertz CT molecular complexity index is 256. The Morgan fingerprint density at radius 3 is 2.29 bits per heavy atom. The number of hydrogen-bond acceptors (Lipinski definition) is 5. The van der Waals surface area contributed by atoms with E-state index in [0.29, 0.717) is 13.0 Å². The molecule has 6 nitrogen and oxygen atoms in total. The van der Waals surface area contributed by atoms with Crippen molar-refractivity contribution in [2.75, 3.05) is 13.7 Å². The predicted molar refractivity (Wildman–Crippen MR) is 61.4 cm³/mol. The molecule has 0 spiro atoms. The van der Waals surface area contributed by atoms with Crippen LogP contribution in [0.1, 0.15) is 38.5 Å². The first kappa shape index (κ1) is 15.9. The fraction of sp³-hybridized carbons (Fsp3) is 0.818. The number of aliphatic carboxylic acids is 1. The fourth-order valence-electron chi connectivity index (χ4n) is 1.50. The Balaban J connectivity index is 4.13. The van der Waals surface area contributed by atoms with Crippen LogP contribution in [0.5, 0.6) is 0 Å². The minimum Gasteiger partial charge on any atom is -0.479 e. The SMILES string of the molecule is COC(=O)CC(O)(CCCCCCN)C(=O)O. The molecule has 0 aliphatic heterocycles. The number of methoxy groups -OCH3 is 1. The standard InChI is InChI=1S/C11H21NO5/c1-17-9(13)8-11(16,10(14)15)6-4-2-3-5-7-12/h16H,2-8,12H2,1H3,(H,14,15). The zero-order valence-corrected chi connectivity index (χ0v) is 10.1. The van der Waals surface area contributed by atoms with Gasteiger partial charge < -0.3 is 20.7 Å². The highest BCUT2D eigenvalue weighted by Crippen LogP contribution is 2.20. The van der Waals surface area contributed by atoms with Crippen molar-refractivity contribution >= 4 is 11.9 Å². The highest BCUT2D eigenvalue weighted by Gasteiger charge is 2.38. The smallest absolute Gasteiger partial charge is 0.336 e. The zero-order valence-electron chi connectivity index (χ0n) is 10.1. The molecule has 17 heavy (non-hydrogen) atoms. The second kappa shape index (κ2) is 8.03. The van der Waals surface area contributed by atoms with Gasteiger partial charge in [0.05, 0.1) is 13.5 Å². The number of rotatable bonds is 9. The molecule has 0 aliphatic carbocycles. The second-order valence-electron chi connectivity index (χ2n) is 4.04. The minimum absolute atomic E-state index is 0.0437. The Labute approximate surface area is 101 Å². The van der Waals surface area contributed by atoms with Crippen molar-refractivity contribution in [2.45, 2.75) is 44.1 Å². The van der Waals surface area contributed by atoms with E-state index in [9.17, 15) is 14.7 Å². The summed E-state index contributed by atoms with van der Waals surface area (Å²) >= 11 is 0. The Morgan fingerprint density at radius 1 is 1.24 bits per heavy atom. The molecule has 0 radical (unpaired) electrons. The van der Waals surface area contributed by atoms with Crippen LogP contribution < -0.4 is 5.73 Å². The number of ether oxygens (including phenoxy) is 1. The van der Waals surface area contributed by atoms with Crippen LogP contribution in [0.3, 0.4) is 0 Å². The predicted octanol–water partition coefficient (Wildman–Crippen LogP) is 0.274. The quantitative estimate of drug-likeness (QED) is 0.398. The van der Waals surface area contributed by atoms with E-state index in [1.807, 2.05) is 0 Å². The van der Waals surface area contributed by atoms with Gasteiger partial charge in [-0.2, -0.15) is 0 Å². The molecule has 0 aromatic rings. The lowest BCUT2D eigenvalue weighted by molar-refractivity contribution is -0.167. The number of carboxylic acid groups (broad SMARTS) is 1. The van der Waals surface area contributed by atoms with E-state index in [1.54, 1.807) is 0 Å². The molecule has 100 valence electrons. The van der Waals surface area contributed by atoms with Crippen LogP contribution in [0.4, 0.5) is 0 Å². The molecular formula is C11H21NO5. The van der Waals surface area contributed by atoms with Crippen LogP contribution in [-0.4, -0.2) is 41.4 Å². The number of esters is 1. The van der Waals surface area contributed by atoms with E-state index in [4.69, 9.17) is 10.8 Å². The summed E-state index contributed by atoms with van der Waals surface area (Å²) < 4.78 is 4.36. The van der Waals surface area contributed by atoms with Crippen LogP contribution in [-0.2, 0) is 14.3 Å². The van der Waals surface area contributed by atoms with Crippen LogP contribution in [0.15, 0.2) is 0 Å². The number of hydrogen-bond donors (Lipinski definition) is 3. The number of unbranched alkanes of at least 4 members (excludes halogenated alkanes) is 3. The van der Waals surface area contributed by atoms with Crippen LogP contribution in [0.25, 0.3) is 0 Å². The summed E-state index contributed by atoms with van der Waals surface area (Å²) in [6, 6.07) is 0. The van der Waals surface area contributed by atoms with Gasteiger partial charge in [0, 0.05) is 0 Å². The normalized spacial score (nSPS) is 14.1. The topological polar surface area (TPSA) is 110 Å². The summed E-state index contributed by atoms with van der Waals surface area (Å²) in [5.41, 5.74) is 3.31. The summed E-state index contributed by atoms with van der Waals surface area (Å²) in [7, 11) is 1.16. The first-order valence-electron chi connectivity index (χ1n) is 5.69. The average Bonchev–Trinajstić information content (AvgIpc) is 2.28. The van der Waals surface area contributed by atoms with E-state index in [2.05, 4.69) is 4.74 Å². The third kappa shape index (κ3) is 6.23. The summed E-state index contributed by atoms with van der Waals surface area (Å²) in [6.07, 6.45) is 2.62. The Kier molecular flexibility index (Phi) is 7.49. The number of nitrogens with two attached hydrogens (primary N) is 1. The van der Waals surface area contributed by atoms with Gasteiger partial charge in [0.25, 0.3) is 0 Å². The molecule has 0 aliphatic rings. The maximum absolute atomic E-state index is 11.0. The van der Waals surface area contributed by atoms with Gasteiger partial charge in [-0.1, -0.05) is 12.8 Å². The Hall–Kier alpha value is -1.14. The van der Waals surface area contributed by atoms with E-state index in [-0.39, 0.29) is 6.42 Å². The van der Waals surface area contributed by atoms with Crippen LogP contribution >= 0.6 is 0 Å². The van der Waals surface area contributed by atoms with Crippen molar-refractivity contribution in [2.24, 2.45) is 5.73 Å². The lowest BCUT2D eigenvalue weighted by atomic mass is 9.92. The molecule has 4 N–H and O–H groups in total. The molecule has 6 heteroatoms. The molecule has 0 heterocycles. The molecule has 1 unspecified atom stereocenters. The van der Waals surface area contributed by atoms with Gasteiger partial charge in [-0.15, -0.1) is 0 Å². The third-order valence-corrected chi connectivity index (χ3v) is 2.61. The summed E-state index contributed by atoms with van der Waals surface area (Å²) in [4.78, 5) is 21.9. The van der Waals surface area contributed by atoms with Crippen molar-refractivity contribution in [3.05, 3.63) is 0 Å². The first-order valence-corrected chi connectivity index (χ1v) is 5.69. The number of carboxylic acids is 1. The van der Waals surface area contributed by atoms with Gasteiger partial charge in [0.1, 0.15) is 0 Å². The highest BCUT2D eigenvalue weighted by atomic mass is 16.5. The summed E-state index contributed by atoms with van der Waals surface area (Å²) in [6.45, 7) is 0.603. The molecule has 0 bridgehead atoms. The minimum atomic E-state index is -2.02. The van der Waals surface area contributed by atoms with Gasteiger partial charge in [-0.3, -0.25) is 4.79 Å². The number of carbonyl (C=O) groups excluding carboxylic acids is 1. The molecule has 0 rings (SSSR count). The average molecular weight is 247 g/mol. The lowest BCUT2D eigenvalue weighted by Crippen LogP contribution is -2.41.